The number of nitrogens with zero attached hydrogens (tertiary/aromatic N) is 8. The average Bonchev–Trinajstić information content (AvgIpc) is 3.70. The Morgan fingerprint density at radius 1 is 0.697 bits per heavy atom. The molecule has 0 saturated carbocycles. The van der Waals surface area contributed by atoms with Crippen LogP contribution in [0.5, 0.6) is 0 Å². The van der Waals surface area contributed by atoms with E-state index in [1.165, 1.54) is 17.4 Å². The van der Waals surface area contributed by atoms with Crippen LogP contribution in [0.3, 0.4) is 0 Å². The Hall–Kier alpha value is -5.64. The largest absolute Gasteiger partial charge is 0.466 e. The average molecular weight is 941 g/mol. The minimum Gasteiger partial charge on any atom is -0.466 e. The van der Waals surface area contributed by atoms with Gasteiger partial charge in [0.15, 0.2) is 0 Å². The summed E-state index contributed by atoms with van der Waals surface area (Å²) < 4.78 is 14.7. The van der Waals surface area contributed by atoms with E-state index in [0.29, 0.717) is 37.0 Å². The van der Waals surface area contributed by atoms with Crippen molar-refractivity contribution in [3.8, 4) is 0 Å². The first-order valence-electron chi connectivity index (χ1n) is 22.4. The van der Waals surface area contributed by atoms with Crippen LogP contribution in [-0.2, 0) is 30.2 Å². The number of H-pyrrole nitrogens is 1. The standard InChI is InChI=1S/C16H22N4O2.C11H16N4O2.C11H18N4.C7H14ClNO3/c1-3-22-16(21)11-15-17-13-5-4-12(10-14(13)18-15)20-8-6-19(2)7-9-20;1-13-4-6-14(7-5-13)9-2-3-11(15(16)17)10(12)8-9;1-14-4-6-15(7-5-14)9-2-3-10(12)11(13)8-9;1-3-11-6(9-8)5-7(10)12-4-2/h4-5,10H,3,6-9,11H2,1-2H3,(H,17,18);2-3,8H,4-7,12H2,1H3;2-3,8H,4-7,12-13H2,1H3;6,9H,3-5H2,1-2H3. The molecule has 66 heavy (non-hydrogen) atoms. The van der Waals surface area contributed by atoms with Crippen LogP contribution in [0.1, 0.15) is 33.0 Å². The molecule has 7 rings (SSSR count). The Kier molecular flexibility index (Phi) is 21.8. The predicted octanol–water partition coefficient (Wildman–Crippen LogP) is 4.00. The zero-order valence-corrected chi connectivity index (χ0v) is 40.1. The Morgan fingerprint density at radius 3 is 1.62 bits per heavy atom. The van der Waals surface area contributed by atoms with E-state index in [4.69, 9.17) is 43.2 Å². The van der Waals surface area contributed by atoms with E-state index >= 15 is 0 Å². The molecular weight excluding hydrogens is 870 g/mol. The van der Waals surface area contributed by atoms with Crippen molar-refractivity contribution in [3.63, 3.8) is 0 Å². The van der Waals surface area contributed by atoms with E-state index in [0.717, 1.165) is 95.3 Å². The maximum Gasteiger partial charge on any atom is 0.313 e. The molecule has 3 saturated heterocycles. The molecule has 0 bridgehead atoms. The number of piperazine rings is 3. The van der Waals surface area contributed by atoms with E-state index < -0.39 is 11.2 Å². The summed E-state index contributed by atoms with van der Waals surface area (Å²) in [4.78, 5) is 56.5. The molecule has 0 spiro atoms. The number of fused-ring (bicyclic) bond motifs is 1. The number of rotatable bonds is 13. The van der Waals surface area contributed by atoms with E-state index in [1.807, 2.05) is 31.2 Å². The van der Waals surface area contributed by atoms with Crippen molar-refractivity contribution < 1.29 is 28.7 Å². The number of hydrogen-bond acceptors (Lipinski definition) is 18. The lowest BCUT2D eigenvalue weighted by atomic mass is 10.2. The number of halogens is 1. The van der Waals surface area contributed by atoms with Crippen molar-refractivity contribution in [3.05, 3.63) is 70.5 Å². The number of nitro groups is 1. The number of aromatic amines is 1. The fourth-order valence-corrected chi connectivity index (χ4v) is 7.38. The molecule has 21 heteroatoms. The maximum absolute atomic E-state index is 11.5. The lowest BCUT2D eigenvalue weighted by Gasteiger charge is -2.34. The third-order valence-electron chi connectivity index (χ3n) is 11.2. The van der Waals surface area contributed by atoms with Crippen molar-refractivity contribution in [2.75, 3.05) is 151 Å². The van der Waals surface area contributed by atoms with Gasteiger partial charge in [-0.15, -0.1) is 0 Å². The van der Waals surface area contributed by atoms with Crippen molar-refractivity contribution in [2.24, 2.45) is 0 Å². The molecule has 364 valence electrons. The number of aromatic nitrogens is 2. The van der Waals surface area contributed by atoms with Gasteiger partial charge in [-0.05, 0) is 102 Å². The molecule has 8 N–H and O–H groups in total. The number of hydrogen-bond donors (Lipinski definition) is 5. The summed E-state index contributed by atoms with van der Waals surface area (Å²) in [6.07, 6.45) is -0.145. The van der Waals surface area contributed by atoms with Crippen LogP contribution in [0.25, 0.3) is 11.0 Å². The van der Waals surface area contributed by atoms with Gasteiger partial charge in [-0.3, -0.25) is 19.7 Å². The van der Waals surface area contributed by atoms with Gasteiger partial charge in [-0.1, -0.05) is 0 Å². The molecule has 0 radical (unpaired) electrons. The predicted molar refractivity (Wildman–Crippen MR) is 264 cm³/mol. The number of nitrogens with two attached hydrogens (primary N) is 3. The number of carbonyl (C=O) groups is 2. The zero-order chi connectivity index (χ0) is 48.2. The van der Waals surface area contributed by atoms with E-state index in [1.54, 1.807) is 26.0 Å². The quantitative estimate of drug-likeness (QED) is 0.0318. The highest BCUT2D eigenvalue weighted by Crippen LogP contribution is 2.28. The van der Waals surface area contributed by atoms with Crippen molar-refractivity contribution in [1.82, 2.24) is 29.5 Å². The number of nitro benzene ring substituents is 1. The molecule has 3 fully saturated rings. The summed E-state index contributed by atoms with van der Waals surface area (Å²) in [6, 6.07) is 17.0. The Bertz CT molecular complexity index is 2120. The first-order chi connectivity index (χ1) is 31.6. The molecule has 0 aliphatic carbocycles. The molecule has 1 aromatic heterocycles. The van der Waals surface area contributed by atoms with Gasteiger partial charge in [0.2, 0.25) is 0 Å². The van der Waals surface area contributed by atoms with E-state index in [9.17, 15) is 19.7 Å². The van der Waals surface area contributed by atoms with Crippen LogP contribution in [0.4, 0.5) is 39.8 Å². The number of carbonyl (C=O) groups excluding carboxylic acids is 2. The summed E-state index contributed by atoms with van der Waals surface area (Å²) in [5.74, 6) is 0.0916. The minimum absolute atomic E-state index is 0.0251. The lowest BCUT2D eigenvalue weighted by molar-refractivity contribution is -0.383. The number of esters is 2. The van der Waals surface area contributed by atoms with Crippen LogP contribution in [0.15, 0.2) is 54.6 Å². The van der Waals surface area contributed by atoms with E-state index in [2.05, 4.69) is 77.5 Å². The molecule has 3 aliphatic heterocycles. The monoisotopic (exact) mass is 940 g/mol. The lowest BCUT2D eigenvalue weighted by Crippen LogP contribution is -2.44. The highest BCUT2D eigenvalue weighted by molar-refractivity contribution is 6.13. The summed E-state index contributed by atoms with van der Waals surface area (Å²) in [6.45, 7) is 19.0. The Labute approximate surface area is 393 Å². The van der Waals surface area contributed by atoms with Gasteiger partial charge < -0.3 is 65.8 Å². The second-order valence-corrected chi connectivity index (χ2v) is 16.3. The molecule has 0 amide bonds. The number of ether oxygens (including phenoxy) is 3. The number of nitrogen functional groups attached to an aromatic ring is 3. The molecular formula is C45H70ClN13O7. The normalized spacial score (nSPS) is 16.2. The fourth-order valence-electron chi connectivity index (χ4n) is 7.24. The van der Waals surface area contributed by atoms with Gasteiger partial charge in [-0.2, -0.15) is 0 Å². The smallest absolute Gasteiger partial charge is 0.313 e. The van der Waals surface area contributed by atoms with Gasteiger partial charge >= 0.3 is 11.9 Å². The second kappa shape index (κ2) is 27.1. The molecule has 20 nitrogen and oxygen atoms in total. The van der Waals surface area contributed by atoms with E-state index in [-0.39, 0.29) is 36.2 Å². The van der Waals surface area contributed by atoms with Crippen molar-refractivity contribution >= 4 is 74.6 Å². The van der Waals surface area contributed by atoms with Crippen LogP contribution in [0, 0.1) is 10.1 Å². The fraction of sp³-hybridized carbons (Fsp3) is 0.533. The number of benzene rings is 3. The molecule has 1 unspecified atom stereocenters. The van der Waals surface area contributed by atoms with Gasteiger partial charge in [-0.25, -0.2) is 9.82 Å². The van der Waals surface area contributed by atoms with Gasteiger partial charge in [0.1, 0.15) is 24.2 Å². The number of nitrogens with one attached hydrogen (secondary N) is 2. The number of anilines is 6. The topological polar surface area (TPSA) is 243 Å². The molecule has 3 aliphatic rings. The third kappa shape index (κ3) is 17.0. The zero-order valence-electron chi connectivity index (χ0n) is 39.3. The summed E-state index contributed by atoms with van der Waals surface area (Å²) in [7, 11) is 6.38. The van der Waals surface area contributed by atoms with Crippen LogP contribution in [0.2, 0.25) is 0 Å². The minimum atomic E-state index is -0.462. The third-order valence-corrected chi connectivity index (χ3v) is 11.4. The highest BCUT2D eigenvalue weighted by atomic mass is 35.5. The molecule has 1 atom stereocenters. The van der Waals surface area contributed by atoms with Gasteiger partial charge in [0.25, 0.3) is 5.69 Å². The first-order valence-corrected chi connectivity index (χ1v) is 22.8. The highest BCUT2D eigenvalue weighted by Gasteiger charge is 2.19. The van der Waals surface area contributed by atoms with Crippen LogP contribution >= 0.6 is 11.8 Å². The Morgan fingerprint density at radius 2 is 1.17 bits per heavy atom. The Balaban J connectivity index is 0.000000197. The second-order valence-electron chi connectivity index (χ2n) is 16.1. The number of likely N-dealkylation sites (N-methyl/N-ethyl adjacent to an activating group) is 3. The molecule has 4 heterocycles. The van der Waals surface area contributed by atoms with Crippen LogP contribution in [-0.4, -0.2) is 167 Å². The maximum atomic E-state index is 11.5. The van der Waals surface area contributed by atoms with Crippen molar-refractivity contribution in [1.29, 1.82) is 0 Å². The first kappa shape index (κ1) is 53.0. The van der Waals surface area contributed by atoms with Crippen molar-refractivity contribution in [2.45, 2.75) is 39.8 Å². The molecule has 4 aromatic rings. The van der Waals surface area contributed by atoms with Gasteiger partial charge in [0.05, 0.1) is 47.0 Å². The SMILES string of the molecule is CCOC(=O)CC(NCl)OCC.CCOC(=O)Cc1nc2ccc(N3CCN(C)CC3)cc2[nH]1.CN1CCN(c2ccc(N)c(N)c2)CC1.CN1CCN(c2ccc([N+](=O)[O-])c(N)c2)CC1. The summed E-state index contributed by atoms with van der Waals surface area (Å²) >= 11 is 5.31. The summed E-state index contributed by atoms with van der Waals surface area (Å²) in [5.41, 5.74) is 23.9. The van der Waals surface area contributed by atoms with Gasteiger partial charge in [0, 0.05) is 108 Å². The summed E-state index contributed by atoms with van der Waals surface area (Å²) in [5, 5.41) is 10.7. The molecule has 3 aromatic carbocycles. The number of imidazole rings is 1. The van der Waals surface area contributed by atoms with Crippen LogP contribution < -0.4 is 36.7 Å².